The molecule has 19 heavy (non-hydrogen) atoms. The maximum Gasteiger partial charge on any atom is 0.131 e. The SMILES string of the molecule is CCNCc1nc(C(C)C)ncc1N(C)C1CCC1. The van der Waals surface area contributed by atoms with E-state index in [1.807, 2.05) is 6.20 Å². The lowest BCUT2D eigenvalue weighted by Gasteiger charge is -2.37. The van der Waals surface area contributed by atoms with E-state index in [4.69, 9.17) is 4.98 Å². The smallest absolute Gasteiger partial charge is 0.131 e. The predicted molar refractivity (Wildman–Crippen MR) is 79.5 cm³/mol. The van der Waals surface area contributed by atoms with Crippen LogP contribution in [0.15, 0.2) is 6.20 Å². The third-order valence-electron chi connectivity index (χ3n) is 3.93. The lowest BCUT2D eigenvalue weighted by atomic mass is 9.91. The number of aromatic nitrogens is 2. The average Bonchev–Trinajstić information content (AvgIpc) is 2.33. The first-order valence-corrected chi connectivity index (χ1v) is 7.42. The number of rotatable bonds is 6. The minimum Gasteiger partial charge on any atom is -0.369 e. The van der Waals surface area contributed by atoms with Gasteiger partial charge in [-0.3, -0.25) is 0 Å². The van der Waals surface area contributed by atoms with E-state index >= 15 is 0 Å². The van der Waals surface area contributed by atoms with Crippen molar-refractivity contribution in [3.63, 3.8) is 0 Å². The summed E-state index contributed by atoms with van der Waals surface area (Å²) in [6, 6.07) is 0.675. The standard InChI is InChI=1S/C15H26N4/c1-5-16-9-13-14(19(4)12-7-6-8-12)10-17-15(18-13)11(2)3/h10-12,16H,5-9H2,1-4H3. The monoisotopic (exact) mass is 262 g/mol. The van der Waals surface area contributed by atoms with Gasteiger partial charge in [0, 0.05) is 25.6 Å². The Balaban J connectivity index is 2.23. The Kier molecular flexibility index (Phi) is 4.75. The van der Waals surface area contributed by atoms with E-state index < -0.39 is 0 Å². The normalized spacial score (nSPS) is 15.6. The average molecular weight is 262 g/mol. The number of anilines is 1. The van der Waals surface area contributed by atoms with E-state index in [1.54, 1.807) is 0 Å². The second-order valence-electron chi connectivity index (χ2n) is 5.69. The molecule has 0 aromatic carbocycles. The van der Waals surface area contributed by atoms with Crippen LogP contribution < -0.4 is 10.2 Å². The van der Waals surface area contributed by atoms with Gasteiger partial charge < -0.3 is 10.2 Å². The first kappa shape index (κ1) is 14.3. The second kappa shape index (κ2) is 6.33. The molecular formula is C15H26N4. The Labute approximate surface area is 116 Å². The Morgan fingerprint density at radius 2 is 2.16 bits per heavy atom. The summed E-state index contributed by atoms with van der Waals surface area (Å²) in [5.74, 6) is 1.32. The van der Waals surface area contributed by atoms with Crippen molar-refractivity contribution in [2.24, 2.45) is 0 Å². The molecular weight excluding hydrogens is 236 g/mol. The summed E-state index contributed by atoms with van der Waals surface area (Å²) >= 11 is 0. The van der Waals surface area contributed by atoms with Crippen molar-refractivity contribution in [3.05, 3.63) is 17.7 Å². The maximum absolute atomic E-state index is 4.76. The summed E-state index contributed by atoms with van der Waals surface area (Å²) in [5, 5.41) is 3.38. The first-order chi connectivity index (χ1) is 9.13. The summed E-state index contributed by atoms with van der Waals surface area (Å²) in [5.41, 5.74) is 2.32. The van der Waals surface area contributed by atoms with Gasteiger partial charge in [0.05, 0.1) is 17.6 Å². The van der Waals surface area contributed by atoms with E-state index in [0.717, 1.165) is 24.6 Å². The van der Waals surface area contributed by atoms with Crippen LogP contribution in [0, 0.1) is 0 Å². The fraction of sp³-hybridized carbons (Fsp3) is 0.733. The first-order valence-electron chi connectivity index (χ1n) is 7.42. The lowest BCUT2D eigenvalue weighted by Crippen LogP contribution is -2.38. The van der Waals surface area contributed by atoms with Crippen LogP contribution in [-0.4, -0.2) is 29.6 Å². The van der Waals surface area contributed by atoms with Gasteiger partial charge in [-0.15, -0.1) is 0 Å². The molecule has 0 aliphatic heterocycles. The van der Waals surface area contributed by atoms with Crippen molar-refractivity contribution in [2.75, 3.05) is 18.5 Å². The largest absolute Gasteiger partial charge is 0.369 e. The fourth-order valence-corrected chi connectivity index (χ4v) is 2.34. The second-order valence-corrected chi connectivity index (χ2v) is 5.69. The van der Waals surface area contributed by atoms with Crippen LogP contribution in [-0.2, 0) is 6.54 Å². The van der Waals surface area contributed by atoms with Crippen molar-refractivity contribution >= 4 is 5.69 Å². The Bertz CT molecular complexity index is 413. The Hall–Kier alpha value is -1.16. The molecule has 106 valence electrons. The van der Waals surface area contributed by atoms with Crippen molar-refractivity contribution < 1.29 is 0 Å². The highest BCUT2D eigenvalue weighted by Crippen LogP contribution is 2.29. The van der Waals surface area contributed by atoms with Crippen LogP contribution in [0.25, 0.3) is 0 Å². The van der Waals surface area contributed by atoms with Crippen LogP contribution in [0.1, 0.15) is 57.5 Å². The van der Waals surface area contributed by atoms with E-state index in [2.05, 4.69) is 43.0 Å². The molecule has 0 amide bonds. The molecule has 1 N–H and O–H groups in total. The van der Waals surface area contributed by atoms with Crippen molar-refractivity contribution in [3.8, 4) is 0 Å². The zero-order valence-electron chi connectivity index (χ0n) is 12.6. The highest BCUT2D eigenvalue weighted by molar-refractivity contribution is 5.49. The molecule has 4 heteroatoms. The van der Waals surface area contributed by atoms with Gasteiger partial charge in [-0.05, 0) is 25.8 Å². The number of nitrogens with one attached hydrogen (secondary N) is 1. The number of nitrogens with zero attached hydrogens (tertiary/aromatic N) is 3. The van der Waals surface area contributed by atoms with Crippen molar-refractivity contribution in [1.29, 1.82) is 0 Å². The molecule has 2 rings (SSSR count). The van der Waals surface area contributed by atoms with E-state index in [-0.39, 0.29) is 0 Å². The van der Waals surface area contributed by atoms with Crippen LogP contribution in [0.3, 0.4) is 0 Å². The molecule has 0 saturated heterocycles. The molecule has 1 aromatic heterocycles. The maximum atomic E-state index is 4.76. The van der Waals surface area contributed by atoms with Crippen LogP contribution in [0.4, 0.5) is 5.69 Å². The highest BCUT2D eigenvalue weighted by atomic mass is 15.2. The summed E-state index contributed by atoms with van der Waals surface area (Å²) in [7, 11) is 2.17. The molecule has 1 aromatic rings. The van der Waals surface area contributed by atoms with Gasteiger partial charge in [-0.1, -0.05) is 20.8 Å². The van der Waals surface area contributed by atoms with E-state index in [0.29, 0.717) is 12.0 Å². The zero-order valence-corrected chi connectivity index (χ0v) is 12.6. The molecule has 1 aliphatic rings. The van der Waals surface area contributed by atoms with Crippen molar-refractivity contribution in [1.82, 2.24) is 15.3 Å². The molecule has 1 saturated carbocycles. The van der Waals surface area contributed by atoms with Gasteiger partial charge >= 0.3 is 0 Å². The molecule has 1 heterocycles. The van der Waals surface area contributed by atoms with Gasteiger partial charge in [0.2, 0.25) is 0 Å². The minimum absolute atomic E-state index is 0.378. The molecule has 0 radical (unpaired) electrons. The molecule has 1 fully saturated rings. The Morgan fingerprint density at radius 3 is 2.68 bits per heavy atom. The molecule has 0 bridgehead atoms. The minimum atomic E-state index is 0.378. The lowest BCUT2D eigenvalue weighted by molar-refractivity contribution is 0.399. The summed E-state index contributed by atoms with van der Waals surface area (Å²) in [4.78, 5) is 11.6. The van der Waals surface area contributed by atoms with E-state index in [9.17, 15) is 0 Å². The molecule has 0 unspecified atom stereocenters. The quantitative estimate of drug-likeness (QED) is 0.856. The fourth-order valence-electron chi connectivity index (χ4n) is 2.34. The molecule has 0 atom stereocenters. The van der Waals surface area contributed by atoms with Gasteiger partial charge in [-0.25, -0.2) is 9.97 Å². The molecule has 1 aliphatic carbocycles. The Morgan fingerprint density at radius 1 is 1.42 bits per heavy atom. The van der Waals surface area contributed by atoms with Gasteiger partial charge in [-0.2, -0.15) is 0 Å². The number of hydrogen-bond acceptors (Lipinski definition) is 4. The van der Waals surface area contributed by atoms with Gasteiger partial charge in [0.1, 0.15) is 5.82 Å². The predicted octanol–water partition coefficient (Wildman–Crippen LogP) is 2.70. The molecule has 0 spiro atoms. The third-order valence-corrected chi connectivity index (χ3v) is 3.93. The third kappa shape index (κ3) is 3.24. The summed E-state index contributed by atoms with van der Waals surface area (Å²) in [6.07, 6.45) is 5.95. The van der Waals surface area contributed by atoms with Crippen LogP contribution >= 0.6 is 0 Å². The zero-order chi connectivity index (χ0) is 13.8. The van der Waals surface area contributed by atoms with Crippen LogP contribution in [0.2, 0.25) is 0 Å². The summed E-state index contributed by atoms with van der Waals surface area (Å²) < 4.78 is 0. The highest BCUT2D eigenvalue weighted by Gasteiger charge is 2.24. The van der Waals surface area contributed by atoms with E-state index in [1.165, 1.54) is 24.9 Å². The van der Waals surface area contributed by atoms with Gasteiger partial charge in [0.15, 0.2) is 0 Å². The summed E-state index contributed by atoms with van der Waals surface area (Å²) in [6.45, 7) is 8.20. The number of hydrogen-bond donors (Lipinski definition) is 1. The van der Waals surface area contributed by atoms with Crippen molar-refractivity contribution in [2.45, 2.75) is 58.5 Å². The topological polar surface area (TPSA) is 41.1 Å². The van der Waals surface area contributed by atoms with Crippen LogP contribution in [0.5, 0.6) is 0 Å². The molecule has 4 nitrogen and oxygen atoms in total. The van der Waals surface area contributed by atoms with Gasteiger partial charge in [0.25, 0.3) is 0 Å².